The molecule has 1 N–H and O–H groups in total. The average molecular weight is 326 g/mol. The van der Waals surface area contributed by atoms with Gasteiger partial charge < -0.3 is 5.32 Å². The van der Waals surface area contributed by atoms with Gasteiger partial charge in [0.2, 0.25) is 0 Å². The Labute approximate surface area is 107 Å². The summed E-state index contributed by atoms with van der Waals surface area (Å²) in [4.78, 5) is 11.6. The third-order valence-corrected chi connectivity index (χ3v) is 4.37. The van der Waals surface area contributed by atoms with E-state index in [4.69, 9.17) is 0 Å². The monoisotopic (exact) mass is 325 g/mol. The molecule has 1 unspecified atom stereocenters. The van der Waals surface area contributed by atoms with Gasteiger partial charge in [-0.25, -0.2) is 8.42 Å². The minimum atomic E-state index is -3.07. The highest BCUT2D eigenvalue weighted by Crippen LogP contribution is 2.20. The van der Waals surface area contributed by atoms with Gasteiger partial charge in [0.25, 0.3) is 5.91 Å². The second kappa shape index (κ2) is 5.29. The molecule has 1 amide bonds. The van der Waals surface area contributed by atoms with E-state index in [-0.39, 0.29) is 17.7 Å². The van der Waals surface area contributed by atoms with E-state index < -0.39 is 9.84 Å². The Bertz CT molecular complexity index is 481. The molecule has 0 aromatic carbocycles. The van der Waals surface area contributed by atoms with E-state index in [1.54, 1.807) is 18.4 Å². The van der Waals surface area contributed by atoms with Crippen molar-refractivity contribution in [3.05, 3.63) is 20.8 Å². The predicted octanol–water partition coefficient (Wildman–Crippen LogP) is 1.67. The maximum Gasteiger partial charge on any atom is 0.252 e. The smallest absolute Gasteiger partial charge is 0.252 e. The summed E-state index contributed by atoms with van der Waals surface area (Å²) in [5, 5.41) is 4.35. The Balaban J connectivity index is 2.58. The molecule has 16 heavy (non-hydrogen) atoms. The maximum absolute atomic E-state index is 11.6. The molecule has 1 heterocycles. The fraction of sp³-hybridized carbons (Fsp3) is 0.444. The van der Waals surface area contributed by atoms with Crippen LogP contribution in [0.25, 0.3) is 0 Å². The second-order valence-corrected chi connectivity index (χ2v) is 8.08. The average Bonchev–Trinajstić information content (AvgIpc) is 2.47. The van der Waals surface area contributed by atoms with Gasteiger partial charge in [-0.3, -0.25) is 4.79 Å². The first kappa shape index (κ1) is 13.7. The van der Waals surface area contributed by atoms with Gasteiger partial charge in [-0.15, -0.1) is 11.3 Å². The van der Waals surface area contributed by atoms with Gasteiger partial charge in [-0.2, -0.15) is 0 Å². The summed E-state index contributed by atoms with van der Waals surface area (Å²) in [7, 11) is -3.07. The molecule has 0 radical (unpaired) electrons. The zero-order chi connectivity index (χ0) is 12.3. The quantitative estimate of drug-likeness (QED) is 0.915. The molecule has 4 nitrogen and oxygen atoms in total. The van der Waals surface area contributed by atoms with Crippen molar-refractivity contribution < 1.29 is 13.2 Å². The van der Waals surface area contributed by atoms with Crippen LogP contribution in [0.5, 0.6) is 0 Å². The Kier molecular flexibility index (Phi) is 4.52. The molecule has 1 rings (SSSR count). The summed E-state index contributed by atoms with van der Waals surface area (Å²) in [6.07, 6.45) is 1.15. The van der Waals surface area contributed by atoms with Gasteiger partial charge in [0.05, 0.1) is 15.1 Å². The molecule has 0 saturated carbocycles. The molecule has 1 atom stereocenters. The van der Waals surface area contributed by atoms with Crippen LogP contribution in [-0.4, -0.2) is 32.4 Å². The van der Waals surface area contributed by atoms with Gasteiger partial charge in [0, 0.05) is 17.7 Å². The number of amides is 1. The summed E-state index contributed by atoms with van der Waals surface area (Å²) < 4.78 is 22.9. The van der Waals surface area contributed by atoms with E-state index in [9.17, 15) is 13.2 Å². The lowest BCUT2D eigenvalue weighted by molar-refractivity contribution is 0.0944. The van der Waals surface area contributed by atoms with Crippen LogP contribution in [0.2, 0.25) is 0 Å². The van der Waals surface area contributed by atoms with Crippen molar-refractivity contribution in [1.29, 1.82) is 0 Å². The van der Waals surface area contributed by atoms with Gasteiger partial charge in [0.15, 0.2) is 0 Å². The molecular formula is C9H12BrNO3S2. The zero-order valence-corrected chi connectivity index (χ0v) is 12.1. The van der Waals surface area contributed by atoms with E-state index in [0.29, 0.717) is 5.56 Å². The van der Waals surface area contributed by atoms with Crippen molar-refractivity contribution in [1.82, 2.24) is 5.32 Å². The number of halogens is 1. The lowest BCUT2D eigenvalue weighted by atomic mass is 10.3. The molecule has 0 spiro atoms. The molecule has 0 bridgehead atoms. The predicted molar refractivity (Wildman–Crippen MR) is 68.7 cm³/mol. The van der Waals surface area contributed by atoms with Crippen LogP contribution >= 0.6 is 27.3 Å². The molecular weight excluding hydrogens is 314 g/mol. The molecule has 0 aliphatic rings. The highest BCUT2D eigenvalue weighted by atomic mass is 79.9. The molecule has 0 fully saturated rings. The van der Waals surface area contributed by atoms with Crippen molar-refractivity contribution in [2.24, 2.45) is 0 Å². The largest absolute Gasteiger partial charge is 0.349 e. The standard InChI is InChI=1S/C9H12BrNO3S2/c1-6(5-16(2,13)14)11-9(12)7-3-8(10)15-4-7/h3-4,6H,5H2,1-2H3,(H,11,12). The second-order valence-electron chi connectivity index (χ2n) is 3.61. The van der Waals surface area contributed by atoms with Gasteiger partial charge in [-0.1, -0.05) is 0 Å². The van der Waals surface area contributed by atoms with Gasteiger partial charge in [0.1, 0.15) is 9.84 Å². The van der Waals surface area contributed by atoms with Crippen LogP contribution in [0.3, 0.4) is 0 Å². The Hall–Kier alpha value is -0.400. The Morgan fingerprint density at radius 2 is 2.25 bits per heavy atom. The summed E-state index contributed by atoms with van der Waals surface area (Å²) >= 11 is 4.67. The number of nitrogens with one attached hydrogen (secondary N) is 1. The number of hydrogen-bond acceptors (Lipinski definition) is 4. The lowest BCUT2D eigenvalue weighted by Crippen LogP contribution is -2.37. The van der Waals surface area contributed by atoms with E-state index in [2.05, 4.69) is 21.2 Å². The summed E-state index contributed by atoms with van der Waals surface area (Å²) in [6, 6.07) is 1.31. The third-order valence-electron chi connectivity index (χ3n) is 1.76. The number of hydrogen-bond donors (Lipinski definition) is 1. The molecule has 1 aromatic rings. The van der Waals surface area contributed by atoms with Gasteiger partial charge >= 0.3 is 0 Å². The van der Waals surface area contributed by atoms with Crippen LogP contribution < -0.4 is 5.32 Å². The third kappa shape index (κ3) is 4.63. The topological polar surface area (TPSA) is 63.2 Å². The highest BCUT2D eigenvalue weighted by Gasteiger charge is 2.15. The minimum Gasteiger partial charge on any atom is -0.349 e. The van der Waals surface area contributed by atoms with Crippen LogP contribution in [0.4, 0.5) is 0 Å². The fourth-order valence-corrected chi connectivity index (χ4v) is 3.36. The van der Waals surface area contributed by atoms with E-state index in [1.165, 1.54) is 11.3 Å². The number of rotatable bonds is 4. The van der Waals surface area contributed by atoms with E-state index in [0.717, 1.165) is 10.0 Å². The lowest BCUT2D eigenvalue weighted by Gasteiger charge is -2.11. The van der Waals surface area contributed by atoms with Crippen LogP contribution in [0.1, 0.15) is 17.3 Å². The highest BCUT2D eigenvalue weighted by molar-refractivity contribution is 9.11. The van der Waals surface area contributed by atoms with Gasteiger partial charge in [-0.05, 0) is 28.9 Å². The van der Waals surface area contributed by atoms with E-state index >= 15 is 0 Å². The zero-order valence-electron chi connectivity index (χ0n) is 8.86. The summed E-state index contributed by atoms with van der Waals surface area (Å²) in [5.74, 6) is -0.303. The van der Waals surface area contributed by atoms with Crippen LogP contribution in [-0.2, 0) is 9.84 Å². The Morgan fingerprint density at radius 3 is 2.69 bits per heavy atom. The van der Waals surface area contributed by atoms with Crippen molar-refractivity contribution in [3.8, 4) is 0 Å². The number of carbonyl (C=O) groups excluding carboxylic acids is 1. The number of thiophene rings is 1. The summed E-state index contributed by atoms with van der Waals surface area (Å²) in [6.45, 7) is 1.67. The van der Waals surface area contributed by atoms with Crippen molar-refractivity contribution in [2.75, 3.05) is 12.0 Å². The normalized spacial score (nSPS) is 13.4. The summed E-state index contributed by atoms with van der Waals surface area (Å²) in [5.41, 5.74) is 0.539. The van der Waals surface area contributed by atoms with Crippen molar-refractivity contribution in [3.63, 3.8) is 0 Å². The first-order chi connectivity index (χ1) is 7.28. The van der Waals surface area contributed by atoms with E-state index in [1.807, 2.05) is 0 Å². The maximum atomic E-state index is 11.6. The number of sulfone groups is 1. The Morgan fingerprint density at radius 1 is 1.62 bits per heavy atom. The van der Waals surface area contributed by atoms with Crippen molar-refractivity contribution >= 4 is 43.0 Å². The molecule has 0 saturated heterocycles. The first-order valence-electron chi connectivity index (χ1n) is 4.50. The SMILES string of the molecule is CC(CS(C)(=O)=O)NC(=O)c1csc(Br)c1. The molecule has 1 aromatic heterocycles. The number of carbonyl (C=O) groups is 1. The molecule has 7 heteroatoms. The van der Waals surface area contributed by atoms with Crippen molar-refractivity contribution in [2.45, 2.75) is 13.0 Å². The molecule has 0 aliphatic carbocycles. The minimum absolute atomic E-state index is 0.0515. The fourth-order valence-electron chi connectivity index (χ4n) is 1.23. The molecule has 0 aliphatic heterocycles. The molecule has 90 valence electrons. The first-order valence-corrected chi connectivity index (χ1v) is 8.24. The van der Waals surface area contributed by atoms with Crippen LogP contribution in [0, 0.1) is 0 Å². The van der Waals surface area contributed by atoms with Crippen LogP contribution in [0.15, 0.2) is 15.2 Å².